The maximum absolute atomic E-state index is 13.1. The van der Waals surface area contributed by atoms with E-state index < -0.39 is 10.0 Å². The zero-order chi connectivity index (χ0) is 17.2. The fraction of sp³-hybridized carbons (Fsp3) is 0.278. The summed E-state index contributed by atoms with van der Waals surface area (Å²) in [7, 11) is -3.75. The molecular weight excluding hydrogens is 324 g/mol. The number of hydrogen-bond donors (Lipinski definition) is 1. The quantitative estimate of drug-likeness (QED) is 0.842. The third kappa shape index (κ3) is 3.00. The number of nitrogens with two attached hydrogens (primary N) is 1. The van der Waals surface area contributed by atoms with Crippen molar-refractivity contribution in [1.29, 1.82) is 0 Å². The van der Waals surface area contributed by atoms with Crippen molar-refractivity contribution in [3.8, 4) is 0 Å². The molecule has 0 radical (unpaired) electrons. The van der Waals surface area contributed by atoms with E-state index in [2.05, 4.69) is 0 Å². The maximum Gasteiger partial charge on any atom is 0.244 e. The van der Waals surface area contributed by atoms with Crippen molar-refractivity contribution in [2.24, 2.45) is 5.73 Å². The van der Waals surface area contributed by atoms with E-state index in [4.69, 9.17) is 5.73 Å². The van der Waals surface area contributed by atoms with Gasteiger partial charge in [0.1, 0.15) is 0 Å². The van der Waals surface area contributed by atoms with Crippen molar-refractivity contribution in [2.75, 3.05) is 13.1 Å². The molecule has 0 bridgehead atoms. The highest BCUT2D eigenvalue weighted by Crippen LogP contribution is 2.28. The van der Waals surface area contributed by atoms with Crippen LogP contribution in [0.2, 0.25) is 0 Å². The van der Waals surface area contributed by atoms with Gasteiger partial charge in [0.25, 0.3) is 0 Å². The molecule has 1 fully saturated rings. The largest absolute Gasteiger partial charge is 0.329 e. The Bertz CT molecular complexity index is 834. The van der Waals surface area contributed by atoms with Gasteiger partial charge in [0.15, 0.2) is 5.78 Å². The summed E-state index contributed by atoms with van der Waals surface area (Å²) in [6, 6.07) is 14.9. The Morgan fingerprint density at radius 1 is 1.08 bits per heavy atom. The maximum atomic E-state index is 13.1. The van der Waals surface area contributed by atoms with Gasteiger partial charge in [-0.05, 0) is 25.0 Å². The summed E-state index contributed by atoms with van der Waals surface area (Å²) >= 11 is 0. The topological polar surface area (TPSA) is 80.5 Å². The zero-order valence-corrected chi connectivity index (χ0v) is 14.1. The molecule has 1 saturated heterocycles. The van der Waals surface area contributed by atoms with E-state index in [1.54, 1.807) is 42.5 Å². The van der Waals surface area contributed by atoms with Gasteiger partial charge in [0, 0.05) is 30.3 Å². The van der Waals surface area contributed by atoms with Crippen LogP contribution < -0.4 is 5.73 Å². The standard InChI is InChI=1S/C18H20N2O3S/c19-13-15-9-6-12-20(15)24(22,23)17-11-5-4-10-16(17)18(21)14-7-2-1-3-8-14/h1-5,7-8,10-11,15H,6,9,12-13,19H2. The molecule has 2 aromatic carbocycles. The predicted octanol–water partition coefficient (Wildman–Crippen LogP) is 2.03. The minimum absolute atomic E-state index is 0.0548. The Hall–Kier alpha value is -2.02. The van der Waals surface area contributed by atoms with Gasteiger partial charge in [-0.1, -0.05) is 42.5 Å². The van der Waals surface area contributed by atoms with E-state index in [1.807, 2.05) is 6.07 Å². The van der Waals surface area contributed by atoms with Gasteiger partial charge < -0.3 is 5.73 Å². The number of sulfonamides is 1. The molecule has 24 heavy (non-hydrogen) atoms. The van der Waals surface area contributed by atoms with Gasteiger partial charge in [-0.15, -0.1) is 0 Å². The van der Waals surface area contributed by atoms with Gasteiger partial charge in [-0.3, -0.25) is 4.79 Å². The first-order valence-electron chi connectivity index (χ1n) is 7.96. The summed E-state index contributed by atoms with van der Waals surface area (Å²) in [4.78, 5) is 12.8. The first-order chi connectivity index (χ1) is 11.6. The van der Waals surface area contributed by atoms with Crippen LogP contribution in [0.3, 0.4) is 0 Å². The molecule has 0 aromatic heterocycles. The van der Waals surface area contributed by atoms with Crippen LogP contribution in [0.15, 0.2) is 59.5 Å². The lowest BCUT2D eigenvalue weighted by atomic mass is 10.0. The van der Waals surface area contributed by atoms with Gasteiger partial charge in [-0.2, -0.15) is 4.31 Å². The Balaban J connectivity index is 2.05. The molecule has 126 valence electrons. The Morgan fingerprint density at radius 3 is 2.46 bits per heavy atom. The van der Waals surface area contributed by atoms with Crippen molar-refractivity contribution < 1.29 is 13.2 Å². The molecular formula is C18H20N2O3S. The molecule has 1 aliphatic rings. The van der Waals surface area contributed by atoms with Gasteiger partial charge in [-0.25, -0.2) is 8.42 Å². The highest BCUT2D eigenvalue weighted by Gasteiger charge is 2.36. The number of rotatable bonds is 5. The van der Waals surface area contributed by atoms with Crippen molar-refractivity contribution in [3.63, 3.8) is 0 Å². The number of carbonyl (C=O) groups is 1. The minimum atomic E-state index is -3.75. The average molecular weight is 344 g/mol. The summed E-state index contributed by atoms with van der Waals surface area (Å²) in [5.41, 5.74) is 6.38. The van der Waals surface area contributed by atoms with Crippen LogP contribution in [0.1, 0.15) is 28.8 Å². The molecule has 6 heteroatoms. The predicted molar refractivity (Wildman–Crippen MR) is 92.3 cm³/mol. The van der Waals surface area contributed by atoms with Crippen LogP contribution in [0.25, 0.3) is 0 Å². The normalized spacial score (nSPS) is 18.6. The van der Waals surface area contributed by atoms with Crippen molar-refractivity contribution in [3.05, 3.63) is 65.7 Å². The summed E-state index contributed by atoms with van der Waals surface area (Å²) in [5.74, 6) is -0.293. The lowest BCUT2D eigenvalue weighted by Crippen LogP contribution is -2.40. The first kappa shape index (κ1) is 16.8. The van der Waals surface area contributed by atoms with E-state index in [0.29, 0.717) is 12.1 Å². The molecule has 0 spiro atoms. The van der Waals surface area contributed by atoms with Crippen molar-refractivity contribution in [2.45, 2.75) is 23.8 Å². The molecule has 0 aliphatic carbocycles. The number of hydrogen-bond acceptors (Lipinski definition) is 4. The number of benzene rings is 2. The zero-order valence-electron chi connectivity index (χ0n) is 13.3. The summed E-state index contributed by atoms with van der Waals surface area (Å²) in [6.07, 6.45) is 1.54. The SMILES string of the molecule is NCC1CCCN1S(=O)(=O)c1ccccc1C(=O)c1ccccc1. The summed E-state index contributed by atoms with van der Waals surface area (Å²) in [6.45, 7) is 0.728. The molecule has 2 aromatic rings. The molecule has 2 N–H and O–H groups in total. The fourth-order valence-electron chi connectivity index (χ4n) is 3.11. The molecule has 1 aliphatic heterocycles. The second-order valence-corrected chi connectivity index (χ2v) is 7.70. The minimum Gasteiger partial charge on any atom is -0.329 e. The molecule has 5 nitrogen and oxygen atoms in total. The van der Waals surface area contributed by atoms with Crippen LogP contribution in [0, 0.1) is 0 Å². The van der Waals surface area contributed by atoms with E-state index >= 15 is 0 Å². The van der Waals surface area contributed by atoms with Crippen LogP contribution in [0.4, 0.5) is 0 Å². The molecule has 1 unspecified atom stereocenters. The van der Waals surface area contributed by atoms with Crippen LogP contribution in [0.5, 0.6) is 0 Å². The molecule has 0 saturated carbocycles. The molecule has 0 amide bonds. The summed E-state index contributed by atoms with van der Waals surface area (Å²) < 4.78 is 27.6. The van der Waals surface area contributed by atoms with E-state index in [1.165, 1.54) is 10.4 Å². The third-order valence-corrected chi connectivity index (χ3v) is 6.36. The van der Waals surface area contributed by atoms with Crippen molar-refractivity contribution in [1.82, 2.24) is 4.31 Å². The van der Waals surface area contributed by atoms with Gasteiger partial charge in [0.05, 0.1) is 4.90 Å². The lowest BCUT2D eigenvalue weighted by Gasteiger charge is -2.24. The summed E-state index contributed by atoms with van der Waals surface area (Å²) in [5, 5.41) is 0. The molecule has 1 atom stereocenters. The third-order valence-electron chi connectivity index (χ3n) is 4.35. The van der Waals surface area contributed by atoms with Gasteiger partial charge in [0.2, 0.25) is 10.0 Å². The number of ketones is 1. The van der Waals surface area contributed by atoms with Crippen molar-refractivity contribution >= 4 is 15.8 Å². The average Bonchev–Trinajstić information content (AvgIpc) is 3.11. The molecule has 1 heterocycles. The van der Waals surface area contributed by atoms with Crippen LogP contribution in [-0.2, 0) is 10.0 Å². The second-order valence-electron chi connectivity index (χ2n) is 5.84. The van der Waals surface area contributed by atoms with E-state index in [-0.39, 0.29) is 28.8 Å². The Morgan fingerprint density at radius 2 is 1.75 bits per heavy atom. The number of carbonyl (C=O) groups excluding carboxylic acids is 1. The highest BCUT2D eigenvalue weighted by atomic mass is 32.2. The monoisotopic (exact) mass is 344 g/mol. The number of nitrogens with zero attached hydrogens (tertiary/aromatic N) is 1. The first-order valence-corrected chi connectivity index (χ1v) is 9.40. The smallest absolute Gasteiger partial charge is 0.244 e. The fourth-order valence-corrected chi connectivity index (χ4v) is 5.01. The Kier molecular flexibility index (Phi) is 4.80. The van der Waals surface area contributed by atoms with Crippen LogP contribution in [-0.4, -0.2) is 37.6 Å². The highest BCUT2D eigenvalue weighted by molar-refractivity contribution is 7.89. The lowest BCUT2D eigenvalue weighted by molar-refractivity contribution is 0.103. The molecule has 3 rings (SSSR count). The second kappa shape index (κ2) is 6.84. The van der Waals surface area contributed by atoms with Crippen LogP contribution >= 0.6 is 0 Å². The van der Waals surface area contributed by atoms with Gasteiger partial charge >= 0.3 is 0 Å². The Labute approximate surface area is 142 Å². The van der Waals surface area contributed by atoms with E-state index in [9.17, 15) is 13.2 Å². The van der Waals surface area contributed by atoms with E-state index in [0.717, 1.165) is 12.8 Å².